The van der Waals surface area contributed by atoms with Gasteiger partial charge in [-0.1, -0.05) is 12.1 Å². The van der Waals surface area contributed by atoms with Crippen LogP contribution in [-0.2, 0) is 10.0 Å². The molecule has 0 saturated heterocycles. The molecule has 10 heteroatoms. The van der Waals surface area contributed by atoms with Crippen molar-refractivity contribution in [2.24, 2.45) is 0 Å². The molecule has 1 aromatic carbocycles. The van der Waals surface area contributed by atoms with E-state index in [1.807, 2.05) is 0 Å². The normalized spacial score (nSPS) is 10.9. The van der Waals surface area contributed by atoms with Crippen LogP contribution in [0.2, 0.25) is 0 Å². The number of ketones is 1. The number of nitrogens with zero attached hydrogens (tertiary/aromatic N) is 3. The third-order valence-electron chi connectivity index (χ3n) is 2.63. The first kappa shape index (κ1) is 16.6. The molecule has 0 spiro atoms. The molecule has 23 heavy (non-hydrogen) atoms. The summed E-state index contributed by atoms with van der Waals surface area (Å²) >= 11 is 0. The summed E-state index contributed by atoms with van der Waals surface area (Å²) in [7, 11) is -0.875. The minimum Gasteiger partial charge on any atom is -0.467 e. The summed E-state index contributed by atoms with van der Waals surface area (Å²) in [5.74, 6) is -0.827. The number of aromatic nitrogens is 3. The predicted octanol–water partition coefficient (Wildman–Crippen LogP) is 0.491. The van der Waals surface area contributed by atoms with Gasteiger partial charge in [-0.05, 0) is 12.1 Å². The lowest BCUT2D eigenvalue weighted by Gasteiger charge is -2.09. The zero-order valence-electron chi connectivity index (χ0n) is 12.6. The Morgan fingerprint density at radius 3 is 2.13 bits per heavy atom. The first-order chi connectivity index (χ1) is 10.8. The smallest absolute Gasteiger partial charge is 0.323 e. The van der Waals surface area contributed by atoms with Gasteiger partial charge in [-0.2, -0.15) is 9.97 Å². The van der Waals surface area contributed by atoms with Gasteiger partial charge in [-0.25, -0.2) is 8.42 Å². The van der Waals surface area contributed by atoms with Crippen molar-refractivity contribution >= 4 is 21.5 Å². The maximum absolute atomic E-state index is 12.6. The number of carbonyl (C=O) groups excluding carboxylic acids is 1. The van der Waals surface area contributed by atoms with Gasteiger partial charge in [0.15, 0.2) is 0 Å². The summed E-state index contributed by atoms with van der Waals surface area (Å²) in [6, 6.07) is 5.93. The maximum atomic E-state index is 12.6. The molecule has 9 nitrogen and oxygen atoms in total. The highest BCUT2D eigenvalue weighted by molar-refractivity contribution is 7.92. The van der Waals surface area contributed by atoms with Gasteiger partial charge in [0.05, 0.1) is 31.7 Å². The van der Waals surface area contributed by atoms with Crippen LogP contribution in [0.25, 0.3) is 0 Å². The van der Waals surface area contributed by atoms with Crippen molar-refractivity contribution in [2.75, 3.05) is 25.2 Å². The van der Waals surface area contributed by atoms with E-state index in [4.69, 9.17) is 9.47 Å². The van der Waals surface area contributed by atoms with Crippen molar-refractivity contribution in [3.63, 3.8) is 0 Å². The van der Waals surface area contributed by atoms with E-state index in [0.29, 0.717) is 0 Å². The highest BCUT2D eigenvalue weighted by Gasteiger charge is 2.20. The molecule has 122 valence electrons. The van der Waals surface area contributed by atoms with Crippen LogP contribution in [0, 0.1) is 0 Å². The van der Waals surface area contributed by atoms with Gasteiger partial charge in [0.1, 0.15) is 0 Å². The van der Waals surface area contributed by atoms with Gasteiger partial charge in [0.2, 0.25) is 21.6 Å². The number of hydrogen-bond acceptors (Lipinski definition) is 8. The van der Waals surface area contributed by atoms with Crippen molar-refractivity contribution in [3.05, 3.63) is 35.7 Å². The molecule has 0 aliphatic heterocycles. The predicted molar refractivity (Wildman–Crippen MR) is 81.3 cm³/mol. The van der Waals surface area contributed by atoms with Gasteiger partial charge in [0, 0.05) is 0 Å². The number of ether oxygens (including phenoxy) is 2. The minimum absolute atomic E-state index is 0.0891. The van der Waals surface area contributed by atoms with E-state index < -0.39 is 15.8 Å². The number of sulfonamides is 1. The summed E-state index contributed by atoms with van der Waals surface area (Å²) in [5, 5.41) is 0. The Hall–Kier alpha value is -2.75. The number of rotatable bonds is 6. The lowest BCUT2D eigenvalue weighted by molar-refractivity contribution is 0.102. The van der Waals surface area contributed by atoms with Crippen LogP contribution in [0.5, 0.6) is 12.0 Å². The molecule has 0 saturated carbocycles. The molecule has 1 heterocycles. The summed E-state index contributed by atoms with van der Waals surface area (Å²) in [4.78, 5) is 24.1. The molecule has 0 atom stereocenters. The van der Waals surface area contributed by atoms with E-state index in [1.54, 1.807) is 12.1 Å². The van der Waals surface area contributed by atoms with E-state index in [1.165, 1.54) is 26.4 Å². The molecule has 0 amide bonds. The molecule has 0 radical (unpaired) electrons. The fourth-order valence-electron chi connectivity index (χ4n) is 1.71. The van der Waals surface area contributed by atoms with Crippen LogP contribution in [0.4, 0.5) is 5.69 Å². The fourth-order valence-corrected chi connectivity index (χ4v) is 2.29. The number of anilines is 1. The van der Waals surface area contributed by atoms with Crippen LogP contribution in [0.1, 0.15) is 16.2 Å². The molecule has 1 aromatic heterocycles. The highest BCUT2D eigenvalue weighted by atomic mass is 32.2. The van der Waals surface area contributed by atoms with Crippen molar-refractivity contribution in [2.45, 2.75) is 0 Å². The summed E-state index contributed by atoms with van der Waals surface area (Å²) < 4.78 is 34.9. The number of benzene rings is 1. The molecule has 2 aromatic rings. The minimum atomic E-state index is -3.55. The van der Waals surface area contributed by atoms with E-state index in [2.05, 4.69) is 19.7 Å². The summed E-state index contributed by atoms with van der Waals surface area (Å²) in [6.45, 7) is 0. The Labute approximate surface area is 132 Å². The fraction of sp³-hybridized carbons (Fsp3) is 0.231. The zero-order valence-corrected chi connectivity index (χ0v) is 13.4. The van der Waals surface area contributed by atoms with Crippen LogP contribution in [0.15, 0.2) is 24.3 Å². The summed E-state index contributed by atoms with van der Waals surface area (Å²) in [6.07, 6.45) is 0.989. The Balaban J connectivity index is 2.49. The van der Waals surface area contributed by atoms with E-state index in [0.717, 1.165) is 6.26 Å². The average molecular weight is 338 g/mol. The molecular formula is C13H14N4O5S. The third kappa shape index (κ3) is 4.13. The largest absolute Gasteiger partial charge is 0.467 e. The number of hydrogen-bond donors (Lipinski definition) is 1. The van der Waals surface area contributed by atoms with Gasteiger partial charge < -0.3 is 9.47 Å². The quantitative estimate of drug-likeness (QED) is 0.756. The maximum Gasteiger partial charge on any atom is 0.323 e. The number of para-hydroxylation sites is 1. The Morgan fingerprint density at radius 1 is 1.04 bits per heavy atom. The standard InChI is InChI=1S/C13H14N4O5S/c1-21-12-14-11(15-13(16-12)22-2)10(18)8-6-4-5-7-9(8)17-23(3,19)20/h4-7,17H,1-3H3. The SMILES string of the molecule is COc1nc(OC)nc(C(=O)c2ccccc2NS(C)(=O)=O)n1. The second-order valence-electron chi connectivity index (χ2n) is 4.38. The Kier molecular flexibility index (Phi) is 4.74. The van der Waals surface area contributed by atoms with Crippen molar-refractivity contribution in [3.8, 4) is 12.0 Å². The van der Waals surface area contributed by atoms with Crippen molar-refractivity contribution < 1.29 is 22.7 Å². The average Bonchev–Trinajstić information content (AvgIpc) is 2.52. The molecule has 0 aliphatic rings. The molecule has 2 rings (SSSR count). The van der Waals surface area contributed by atoms with Gasteiger partial charge in [0.25, 0.3) is 0 Å². The lowest BCUT2D eigenvalue weighted by Crippen LogP contribution is -2.16. The van der Waals surface area contributed by atoms with E-state index in [-0.39, 0.29) is 29.1 Å². The topological polar surface area (TPSA) is 120 Å². The lowest BCUT2D eigenvalue weighted by atomic mass is 10.1. The molecule has 0 fully saturated rings. The summed E-state index contributed by atoms with van der Waals surface area (Å²) in [5.41, 5.74) is 0.214. The molecule has 1 N–H and O–H groups in total. The second kappa shape index (κ2) is 6.57. The molecule has 0 unspecified atom stereocenters. The van der Waals surface area contributed by atoms with Crippen LogP contribution in [0.3, 0.4) is 0 Å². The van der Waals surface area contributed by atoms with E-state index in [9.17, 15) is 13.2 Å². The van der Waals surface area contributed by atoms with Crippen LogP contribution >= 0.6 is 0 Å². The Morgan fingerprint density at radius 2 is 1.61 bits per heavy atom. The van der Waals surface area contributed by atoms with Crippen molar-refractivity contribution in [1.82, 2.24) is 15.0 Å². The first-order valence-corrected chi connectivity index (χ1v) is 8.18. The molecular weight excluding hydrogens is 324 g/mol. The van der Waals surface area contributed by atoms with Gasteiger partial charge >= 0.3 is 12.0 Å². The second-order valence-corrected chi connectivity index (χ2v) is 6.13. The number of carbonyl (C=O) groups is 1. The van der Waals surface area contributed by atoms with E-state index >= 15 is 0 Å². The number of nitrogens with one attached hydrogen (secondary N) is 1. The van der Waals surface area contributed by atoms with Gasteiger partial charge in [-0.3, -0.25) is 9.52 Å². The molecule has 0 aliphatic carbocycles. The van der Waals surface area contributed by atoms with Crippen molar-refractivity contribution in [1.29, 1.82) is 0 Å². The highest BCUT2D eigenvalue weighted by Crippen LogP contribution is 2.20. The van der Waals surface area contributed by atoms with Gasteiger partial charge in [-0.15, -0.1) is 4.98 Å². The number of methoxy groups -OCH3 is 2. The third-order valence-corrected chi connectivity index (χ3v) is 3.22. The Bertz CT molecular complexity index is 816. The first-order valence-electron chi connectivity index (χ1n) is 6.29. The van der Waals surface area contributed by atoms with Crippen LogP contribution < -0.4 is 14.2 Å². The monoisotopic (exact) mass is 338 g/mol. The zero-order chi connectivity index (χ0) is 17.0. The molecule has 0 bridgehead atoms. The van der Waals surface area contributed by atoms with Crippen LogP contribution in [-0.4, -0.2) is 49.6 Å².